The Morgan fingerprint density at radius 1 is 1.05 bits per heavy atom. The van der Waals surface area contributed by atoms with Crippen LogP contribution in [0.15, 0.2) is 36.9 Å². The summed E-state index contributed by atoms with van der Waals surface area (Å²) in [6.07, 6.45) is 0. The largest absolute Gasteiger partial charge is 0.478 e. The summed E-state index contributed by atoms with van der Waals surface area (Å²) in [4.78, 5) is 23.9. The fourth-order valence-corrected chi connectivity index (χ4v) is 3.02. The minimum atomic E-state index is -1.03. The molecule has 0 aromatic heterocycles. The summed E-state index contributed by atoms with van der Waals surface area (Å²) in [5.41, 5.74) is 5.31. The Morgan fingerprint density at radius 2 is 1.71 bits per heavy atom. The van der Waals surface area contributed by atoms with Crippen molar-refractivity contribution in [1.29, 1.82) is 0 Å². The molecule has 0 aliphatic heterocycles. The minimum absolute atomic E-state index is 0.128. The van der Waals surface area contributed by atoms with Crippen LogP contribution in [-0.4, -0.2) is 16.9 Å². The monoisotopic (exact) mass is 278 g/mol. The van der Waals surface area contributed by atoms with Crippen LogP contribution in [0.2, 0.25) is 0 Å². The highest BCUT2D eigenvalue weighted by Crippen LogP contribution is 2.38. The molecule has 3 rings (SSSR count). The van der Waals surface area contributed by atoms with E-state index in [1.807, 2.05) is 26.0 Å². The van der Waals surface area contributed by atoms with E-state index in [0.29, 0.717) is 11.1 Å². The number of fused-ring (bicyclic) bond motifs is 2. The van der Waals surface area contributed by atoms with Crippen molar-refractivity contribution in [2.45, 2.75) is 13.8 Å². The summed E-state index contributed by atoms with van der Waals surface area (Å²) in [6, 6.07) is 8.58. The number of carboxylic acid groups (broad SMARTS) is 1. The van der Waals surface area contributed by atoms with Gasteiger partial charge in [0.05, 0.1) is 5.56 Å². The van der Waals surface area contributed by atoms with Gasteiger partial charge in [-0.15, -0.1) is 0 Å². The molecular formula is C18H14O3. The molecule has 0 spiro atoms. The lowest BCUT2D eigenvalue weighted by Gasteiger charge is -2.24. The molecule has 0 atom stereocenters. The van der Waals surface area contributed by atoms with Crippen molar-refractivity contribution in [3.05, 3.63) is 75.9 Å². The third kappa shape index (κ3) is 1.82. The van der Waals surface area contributed by atoms with E-state index in [2.05, 4.69) is 6.58 Å². The van der Waals surface area contributed by atoms with Crippen LogP contribution in [0.1, 0.15) is 48.5 Å². The van der Waals surface area contributed by atoms with Crippen molar-refractivity contribution in [2.75, 3.05) is 0 Å². The molecule has 1 aliphatic carbocycles. The van der Waals surface area contributed by atoms with Gasteiger partial charge < -0.3 is 5.11 Å². The van der Waals surface area contributed by atoms with Gasteiger partial charge in [0.15, 0.2) is 5.78 Å². The number of aryl methyl sites for hydroxylation is 2. The molecular weight excluding hydrogens is 264 g/mol. The number of benzene rings is 2. The highest BCUT2D eigenvalue weighted by atomic mass is 16.4. The van der Waals surface area contributed by atoms with Crippen LogP contribution in [0.25, 0.3) is 5.57 Å². The number of rotatable bonds is 1. The van der Waals surface area contributed by atoms with Crippen molar-refractivity contribution in [1.82, 2.24) is 0 Å². The number of carbonyl (C=O) groups is 2. The van der Waals surface area contributed by atoms with E-state index >= 15 is 0 Å². The molecule has 0 fully saturated rings. The van der Waals surface area contributed by atoms with Crippen molar-refractivity contribution >= 4 is 17.3 Å². The summed E-state index contributed by atoms with van der Waals surface area (Å²) < 4.78 is 0. The van der Waals surface area contributed by atoms with E-state index in [1.54, 1.807) is 12.1 Å². The Kier molecular flexibility index (Phi) is 2.80. The number of hydrogen-bond acceptors (Lipinski definition) is 2. The Hall–Kier alpha value is -2.68. The highest BCUT2D eigenvalue weighted by Gasteiger charge is 2.29. The predicted molar refractivity (Wildman–Crippen MR) is 80.9 cm³/mol. The second kappa shape index (κ2) is 4.42. The second-order valence-corrected chi connectivity index (χ2v) is 5.33. The van der Waals surface area contributed by atoms with Crippen LogP contribution in [-0.2, 0) is 0 Å². The summed E-state index contributed by atoms with van der Waals surface area (Å²) in [7, 11) is 0. The fraction of sp³-hybridized carbons (Fsp3) is 0.111. The van der Waals surface area contributed by atoms with Crippen LogP contribution in [0, 0.1) is 13.8 Å². The van der Waals surface area contributed by atoms with Crippen molar-refractivity contribution in [2.24, 2.45) is 0 Å². The van der Waals surface area contributed by atoms with E-state index in [1.165, 1.54) is 6.07 Å². The van der Waals surface area contributed by atoms with E-state index in [9.17, 15) is 9.59 Å². The molecule has 3 nitrogen and oxygen atoms in total. The predicted octanol–water partition coefficient (Wildman–Crippen LogP) is 3.61. The molecule has 0 bridgehead atoms. The van der Waals surface area contributed by atoms with Gasteiger partial charge >= 0.3 is 5.97 Å². The number of hydrogen-bond donors (Lipinski definition) is 1. The lowest BCUT2D eigenvalue weighted by atomic mass is 9.78. The zero-order chi connectivity index (χ0) is 15.3. The average molecular weight is 278 g/mol. The molecule has 104 valence electrons. The molecule has 0 saturated carbocycles. The quantitative estimate of drug-likeness (QED) is 0.739. The van der Waals surface area contributed by atoms with Gasteiger partial charge in [0.2, 0.25) is 0 Å². The Morgan fingerprint density at radius 3 is 2.38 bits per heavy atom. The van der Waals surface area contributed by atoms with Crippen molar-refractivity contribution in [3.8, 4) is 0 Å². The molecule has 3 heteroatoms. The Balaban J connectivity index is 2.36. The van der Waals surface area contributed by atoms with Crippen LogP contribution in [0.5, 0.6) is 0 Å². The van der Waals surface area contributed by atoms with Gasteiger partial charge in [0.25, 0.3) is 0 Å². The van der Waals surface area contributed by atoms with Gasteiger partial charge in [-0.25, -0.2) is 4.79 Å². The normalized spacial score (nSPS) is 12.9. The van der Waals surface area contributed by atoms with Crippen LogP contribution in [0.4, 0.5) is 0 Å². The molecule has 1 N–H and O–H groups in total. The zero-order valence-electron chi connectivity index (χ0n) is 11.9. The van der Waals surface area contributed by atoms with Gasteiger partial charge in [-0.2, -0.15) is 0 Å². The molecule has 0 amide bonds. The van der Waals surface area contributed by atoms with E-state index in [4.69, 9.17) is 5.11 Å². The second-order valence-electron chi connectivity index (χ2n) is 5.33. The summed E-state index contributed by atoms with van der Waals surface area (Å²) >= 11 is 0. The molecule has 2 aromatic carbocycles. The van der Waals surface area contributed by atoms with E-state index in [-0.39, 0.29) is 11.3 Å². The smallest absolute Gasteiger partial charge is 0.335 e. The minimum Gasteiger partial charge on any atom is -0.478 e. The summed E-state index contributed by atoms with van der Waals surface area (Å²) in [6.45, 7) is 7.89. The first-order valence-electron chi connectivity index (χ1n) is 6.63. The van der Waals surface area contributed by atoms with Gasteiger partial charge in [-0.05, 0) is 53.8 Å². The first kappa shape index (κ1) is 13.3. The van der Waals surface area contributed by atoms with Gasteiger partial charge in [0.1, 0.15) is 0 Å². The Labute approximate surface area is 122 Å². The molecule has 0 heterocycles. The maximum absolute atomic E-state index is 12.7. The maximum atomic E-state index is 12.7. The third-order valence-electron chi connectivity index (χ3n) is 3.95. The number of carbonyl (C=O) groups excluding carboxylic acids is 1. The number of ketones is 1. The van der Waals surface area contributed by atoms with Crippen LogP contribution in [0.3, 0.4) is 0 Å². The fourth-order valence-electron chi connectivity index (χ4n) is 3.02. The Bertz CT molecular complexity index is 829. The van der Waals surface area contributed by atoms with Gasteiger partial charge in [-0.3, -0.25) is 4.79 Å². The number of carboxylic acids is 1. The first-order valence-corrected chi connectivity index (χ1v) is 6.63. The average Bonchev–Trinajstić information content (AvgIpc) is 2.43. The zero-order valence-corrected chi connectivity index (χ0v) is 11.9. The first-order chi connectivity index (χ1) is 9.91. The van der Waals surface area contributed by atoms with Crippen LogP contribution < -0.4 is 0 Å². The molecule has 0 unspecified atom stereocenters. The summed E-state index contributed by atoms with van der Waals surface area (Å²) in [5, 5.41) is 9.17. The van der Waals surface area contributed by atoms with Crippen molar-refractivity contribution in [3.63, 3.8) is 0 Å². The SMILES string of the molecule is C=C1c2c(C)cccc2C(=O)c2cc(C(=O)O)cc(C)c21. The van der Waals surface area contributed by atoms with Gasteiger partial charge in [0, 0.05) is 11.1 Å². The molecule has 0 radical (unpaired) electrons. The maximum Gasteiger partial charge on any atom is 0.335 e. The van der Waals surface area contributed by atoms with Gasteiger partial charge in [-0.1, -0.05) is 24.8 Å². The molecule has 1 aliphatic rings. The molecule has 2 aromatic rings. The molecule has 21 heavy (non-hydrogen) atoms. The highest BCUT2D eigenvalue weighted by molar-refractivity contribution is 6.19. The van der Waals surface area contributed by atoms with E-state index < -0.39 is 5.97 Å². The van der Waals surface area contributed by atoms with E-state index in [0.717, 1.165) is 27.8 Å². The van der Waals surface area contributed by atoms with Crippen molar-refractivity contribution < 1.29 is 14.7 Å². The molecule has 0 saturated heterocycles. The lowest BCUT2D eigenvalue weighted by molar-refractivity contribution is 0.0696. The summed E-state index contributed by atoms with van der Waals surface area (Å²) in [5.74, 6) is -1.17. The van der Waals surface area contributed by atoms with Crippen LogP contribution >= 0.6 is 0 Å². The third-order valence-corrected chi connectivity index (χ3v) is 3.95. The standard InChI is InChI=1S/C18H14O3/c1-9-5-4-6-13-15(9)11(3)16-10(2)7-12(18(20)21)8-14(16)17(13)19/h4-8H,3H2,1-2H3,(H,20,21). The number of aromatic carboxylic acids is 1. The topological polar surface area (TPSA) is 54.4 Å². The lowest BCUT2D eigenvalue weighted by Crippen LogP contribution is -2.17.